The van der Waals surface area contributed by atoms with Gasteiger partial charge in [-0.15, -0.1) is 12.4 Å². The third kappa shape index (κ3) is 4.95. The van der Waals surface area contributed by atoms with Gasteiger partial charge in [-0.1, -0.05) is 13.8 Å². The fourth-order valence-corrected chi connectivity index (χ4v) is 3.02. The SMILES string of the molecule is Cc1cc(C(=O)N2CCCC2CN)ccc1NC(=O)CC(C)C.Cl. The lowest BCUT2D eigenvalue weighted by molar-refractivity contribution is -0.116. The Morgan fingerprint density at radius 2 is 2.08 bits per heavy atom. The van der Waals surface area contributed by atoms with Gasteiger partial charge in [-0.3, -0.25) is 9.59 Å². The first kappa shape index (κ1) is 20.5. The summed E-state index contributed by atoms with van der Waals surface area (Å²) in [6, 6.07) is 5.59. The molecule has 1 atom stereocenters. The van der Waals surface area contributed by atoms with Crippen molar-refractivity contribution in [1.29, 1.82) is 0 Å². The molecule has 24 heavy (non-hydrogen) atoms. The van der Waals surface area contributed by atoms with Gasteiger partial charge in [0, 0.05) is 36.8 Å². The zero-order valence-electron chi connectivity index (χ0n) is 14.7. The number of carbonyl (C=O) groups is 2. The van der Waals surface area contributed by atoms with Crippen LogP contribution in [0.1, 0.15) is 49.0 Å². The number of anilines is 1. The van der Waals surface area contributed by atoms with Gasteiger partial charge in [-0.25, -0.2) is 0 Å². The quantitative estimate of drug-likeness (QED) is 0.854. The van der Waals surface area contributed by atoms with Crippen molar-refractivity contribution in [3.05, 3.63) is 29.3 Å². The highest BCUT2D eigenvalue weighted by Gasteiger charge is 2.28. The Labute approximate surface area is 150 Å². The van der Waals surface area contributed by atoms with Crippen LogP contribution in [0.25, 0.3) is 0 Å². The Balaban J connectivity index is 0.00000288. The van der Waals surface area contributed by atoms with E-state index >= 15 is 0 Å². The normalized spacial score (nSPS) is 16.9. The second-order valence-electron chi connectivity index (χ2n) is 6.71. The summed E-state index contributed by atoms with van der Waals surface area (Å²) in [5, 5.41) is 2.91. The summed E-state index contributed by atoms with van der Waals surface area (Å²) in [6.07, 6.45) is 2.48. The number of benzene rings is 1. The van der Waals surface area contributed by atoms with Crippen LogP contribution in [0.15, 0.2) is 18.2 Å². The van der Waals surface area contributed by atoms with E-state index in [1.807, 2.05) is 37.8 Å². The minimum Gasteiger partial charge on any atom is -0.334 e. The van der Waals surface area contributed by atoms with Crippen molar-refractivity contribution >= 4 is 29.9 Å². The van der Waals surface area contributed by atoms with Crippen molar-refractivity contribution in [2.45, 2.75) is 46.1 Å². The topological polar surface area (TPSA) is 75.4 Å². The maximum Gasteiger partial charge on any atom is 0.254 e. The minimum absolute atomic E-state index is 0. The van der Waals surface area contributed by atoms with Crippen LogP contribution in [0.4, 0.5) is 5.69 Å². The van der Waals surface area contributed by atoms with Gasteiger partial charge < -0.3 is 16.0 Å². The van der Waals surface area contributed by atoms with Crippen LogP contribution in [0.2, 0.25) is 0 Å². The molecule has 0 aromatic heterocycles. The maximum atomic E-state index is 12.6. The van der Waals surface area contributed by atoms with Crippen LogP contribution in [-0.2, 0) is 4.79 Å². The van der Waals surface area contributed by atoms with Crippen LogP contribution in [0.3, 0.4) is 0 Å². The zero-order chi connectivity index (χ0) is 17.0. The highest BCUT2D eigenvalue weighted by molar-refractivity contribution is 5.97. The molecule has 0 bridgehead atoms. The molecule has 1 aliphatic rings. The highest BCUT2D eigenvalue weighted by Crippen LogP contribution is 2.22. The second-order valence-corrected chi connectivity index (χ2v) is 6.71. The van der Waals surface area contributed by atoms with Crippen molar-refractivity contribution in [1.82, 2.24) is 4.90 Å². The molecule has 1 aromatic rings. The average molecular weight is 354 g/mol. The number of nitrogens with two attached hydrogens (primary N) is 1. The fourth-order valence-electron chi connectivity index (χ4n) is 3.02. The molecule has 2 amide bonds. The van der Waals surface area contributed by atoms with Crippen molar-refractivity contribution < 1.29 is 9.59 Å². The largest absolute Gasteiger partial charge is 0.334 e. The first-order valence-corrected chi connectivity index (χ1v) is 8.34. The average Bonchev–Trinajstić information content (AvgIpc) is 2.96. The molecule has 0 aliphatic carbocycles. The smallest absolute Gasteiger partial charge is 0.254 e. The molecule has 0 saturated carbocycles. The number of amides is 2. The number of carbonyl (C=O) groups excluding carboxylic acids is 2. The molecule has 6 heteroatoms. The van der Waals surface area contributed by atoms with Gasteiger partial charge in [0.1, 0.15) is 0 Å². The van der Waals surface area contributed by atoms with Crippen LogP contribution < -0.4 is 11.1 Å². The van der Waals surface area contributed by atoms with E-state index in [1.165, 1.54) is 0 Å². The lowest BCUT2D eigenvalue weighted by Gasteiger charge is -2.24. The van der Waals surface area contributed by atoms with Gasteiger partial charge in [0.25, 0.3) is 5.91 Å². The monoisotopic (exact) mass is 353 g/mol. The third-order valence-electron chi connectivity index (χ3n) is 4.25. The van der Waals surface area contributed by atoms with E-state index in [1.54, 1.807) is 6.07 Å². The van der Waals surface area contributed by atoms with Crippen molar-refractivity contribution in [3.8, 4) is 0 Å². The number of likely N-dealkylation sites (tertiary alicyclic amines) is 1. The van der Waals surface area contributed by atoms with Crippen molar-refractivity contribution in [3.63, 3.8) is 0 Å². The highest BCUT2D eigenvalue weighted by atomic mass is 35.5. The van der Waals surface area contributed by atoms with Crippen molar-refractivity contribution in [2.24, 2.45) is 11.7 Å². The molecular weight excluding hydrogens is 326 g/mol. The maximum absolute atomic E-state index is 12.6. The summed E-state index contributed by atoms with van der Waals surface area (Å²) >= 11 is 0. The number of hydrogen-bond acceptors (Lipinski definition) is 3. The molecular formula is C18H28ClN3O2. The summed E-state index contributed by atoms with van der Waals surface area (Å²) in [4.78, 5) is 26.4. The Morgan fingerprint density at radius 1 is 1.38 bits per heavy atom. The van der Waals surface area contributed by atoms with E-state index in [9.17, 15) is 9.59 Å². The van der Waals surface area contributed by atoms with Crippen LogP contribution in [-0.4, -0.2) is 35.8 Å². The first-order valence-electron chi connectivity index (χ1n) is 8.34. The summed E-state index contributed by atoms with van der Waals surface area (Å²) in [6.45, 7) is 7.21. The number of rotatable bonds is 5. The lowest BCUT2D eigenvalue weighted by Crippen LogP contribution is -2.39. The van der Waals surface area contributed by atoms with Gasteiger partial charge in [-0.2, -0.15) is 0 Å². The third-order valence-corrected chi connectivity index (χ3v) is 4.25. The van der Waals surface area contributed by atoms with E-state index in [-0.39, 0.29) is 30.3 Å². The molecule has 5 nitrogen and oxygen atoms in total. The molecule has 1 fully saturated rings. The van der Waals surface area contributed by atoms with E-state index in [2.05, 4.69) is 5.32 Å². The number of aryl methyl sites for hydroxylation is 1. The number of halogens is 1. The standard InChI is InChI=1S/C18H27N3O2.ClH/c1-12(2)9-17(22)20-16-7-6-14(10-13(16)3)18(23)21-8-4-5-15(21)11-19;/h6-7,10,12,15H,4-5,8-9,11,19H2,1-3H3,(H,20,22);1H. The predicted octanol–water partition coefficient (Wildman–Crippen LogP) is 2.96. The van der Waals surface area contributed by atoms with Gasteiger partial charge in [0.15, 0.2) is 0 Å². The predicted molar refractivity (Wildman–Crippen MR) is 99.6 cm³/mol. The van der Waals surface area contributed by atoms with E-state index in [0.29, 0.717) is 24.4 Å². The summed E-state index contributed by atoms with van der Waals surface area (Å²) in [7, 11) is 0. The summed E-state index contributed by atoms with van der Waals surface area (Å²) in [5.74, 6) is 0.352. The van der Waals surface area contributed by atoms with Crippen LogP contribution in [0, 0.1) is 12.8 Å². The van der Waals surface area contributed by atoms with Gasteiger partial charge in [0.2, 0.25) is 5.91 Å². The lowest BCUT2D eigenvalue weighted by atomic mass is 10.1. The molecule has 3 N–H and O–H groups in total. The Hall–Kier alpha value is -1.59. The van der Waals surface area contributed by atoms with Crippen molar-refractivity contribution in [2.75, 3.05) is 18.4 Å². The Morgan fingerprint density at radius 3 is 2.67 bits per heavy atom. The van der Waals surface area contributed by atoms with Crippen LogP contribution >= 0.6 is 12.4 Å². The second kappa shape index (κ2) is 9.04. The molecule has 2 rings (SSSR count). The molecule has 0 radical (unpaired) electrons. The molecule has 0 spiro atoms. The Bertz CT molecular complexity index is 590. The van der Waals surface area contributed by atoms with E-state index in [0.717, 1.165) is 30.6 Å². The number of nitrogens with one attached hydrogen (secondary N) is 1. The Kier molecular flexibility index (Phi) is 7.70. The van der Waals surface area contributed by atoms with E-state index < -0.39 is 0 Å². The fraction of sp³-hybridized carbons (Fsp3) is 0.556. The first-order chi connectivity index (χ1) is 10.9. The molecule has 134 valence electrons. The molecule has 1 saturated heterocycles. The number of hydrogen-bond donors (Lipinski definition) is 2. The van der Waals surface area contributed by atoms with E-state index in [4.69, 9.17) is 5.73 Å². The minimum atomic E-state index is 0. The molecule has 1 aliphatic heterocycles. The summed E-state index contributed by atoms with van der Waals surface area (Å²) in [5.41, 5.74) is 8.07. The van der Waals surface area contributed by atoms with Gasteiger partial charge in [0.05, 0.1) is 0 Å². The van der Waals surface area contributed by atoms with Gasteiger partial charge >= 0.3 is 0 Å². The van der Waals surface area contributed by atoms with Crippen LogP contribution in [0.5, 0.6) is 0 Å². The number of nitrogens with zero attached hydrogens (tertiary/aromatic N) is 1. The molecule has 1 heterocycles. The molecule has 1 unspecified atom stereocenters. The summed E-state index contributed by atoms with van der Waals surface area (Å²) < 4.78 is 0. The van der Waals surface area contributed by atoms with Gasteiger partial charge in [-0.05, 0) is 49.4 Å². The zero-order valence-corrected chi connectivity index (χ0v) is 15.5. The molecule has 1 aromatic carbocycles.